The first kappa shape index (κ1) is 14.6. The SMILES string of the molecule is Cc1c(-c2cc3cccnc3[nH]2)cn(C)c1C/C=C\CCO. The second-order valence-corrected chi connectivity index (χ2v) is 5.54. The van der Waals surface area contributed by atoms with Gasteiger partial charge in [-0.2, -0.15) is 0 Å². The van der Waals surface area contributed by atoms with Crippen molar-refractivity contribution >= 4 is 11.0 Å². The number of aromatic amines is 1. The zero-order valence-electron chi connectivity index (χ0n) is 13.0. The molecular formula is C18H21N3O. The molecule has 0 aliphatic carbocycles. The third kappa shape index (κ3) is 2.70. The Bertz CT molecular complexity index is 778. The third-order valence-corrected chi connectivity index (χ3v) is 4.04. The van der Waals surface area contributed by atoms with Gasteiger partial charge in [0, 0.05) is 54.8 Å². The van der Waals surface area contributed by atoms with Crippen molar-refractivity contribution in [1.82, 2.24) is 14.5 Å². The topological polar surface area (TPSA) is 53.8 Å². The number of nitrogens with one attached hydrogen (secondary N) is 1. The van der Waals surface area contributed by atoms with E-state index in [1.165, 1.54) is 16.8 Å². The minimum atomic E-state index is 0.204. The Kier molecular flexibility index (Phi) is 4.11. The average molecular weight is 295 g/mol. The van der Waals surface area contributed by atoms with Crippen LogP contribution in [0.15, 0.2) is 42.7 Å². The fraction of sp³-hybridized carbons (Fsp3) is 0.278. The van der Waals surface area contributed by atoms with E-state index in [0.717, 1.165) is 23.1 Å². The molecule has 0 atom stereocenters. The molecule has 22 heavy (non-hydrogen) atoms. The first-order chi connectivity index (χ1) is 10.7. The summed E-state index contributed by atoms with van der Waals surface area (Å²) in [6.45, 7) is 2.36. The monoisotopic (exact) mass is 295 g/mol. The van der Waals surface area contributed by atoms with Crippen LogP contribution >= 0.6 is 0 Å². The molecule has 0 spiro atoms. The lowest BCUT2D eigenvalue weighted by Gasteiger charge is -2.01. The van der Waals surface area contributed by atoms with E-state index >= 15 is 0 Å². The molecule has 3 aromatic rings. The number of aromatic nitrogens is 3. The number of rotatable bonds is 5. The number of H-pyrrole nitrogens is 1. The molecule has 3 heterocycles. The smallest absolute Gasteiger partial charge is 0.137 e. The summed E-state index contributed by atoms with van der Waals surface area (Å²) >= 11 is 0. The van der Waals surface area contributed by atoms with Crippen molar-refractivity contribution in [2.45, 2.75) is 19.8 Å². The molecule has 0 aliphatic rings. The highest BCUT2D eigenvalue weighted by Gasteiger charge is 2.13. The lowest BCUT2D eigenvalue weighted by molar-refractivity contribution is 0.302. The number of aliphatic hydroxyl groups is 1. The molecule has 114 valence electrons. The van der Waals surface area contributed by atoms with Gasteiger partial charge in [0.1, 0.15) is 5.65 Å². The van der Waals surface area contributed by atoms with Gasteiger partial charge in [0.25, 0.3) is 0 Å². The predicted octanol–water partition coefficient (Wildman–Crippen LogP) is 3.36. The van der Waals surface area contributed by atoms with E-state index in [1.54, 1.807) is 6.20 Å². The lowest BCUT2D eigenvalue weighted by Crippen LogP contribution is -1.94. The molecule has 0 amide bonds. The quantitative estimate of drug-likeness (QED) is 0.709. The van der Waals surface area contributed by atoms with Crippen LogP contribution < -0.4 is 0 Å². The Hall–Kier alpha value is -2.33. The Labute approximate surface area is 130 Å². The summed E-state index contributed by atoms with van der Waals surface area (Å²) < 4.78 is 2.17. The van der Waals surface area contributed by atoms with E-state index in [9.17, 15) is 0 Å². The van der Waals surface area contributed by atoms with E-state index < -0.39 is 0 Å². The summed E-state index contributed by atoms with van der Waals surface area (Å²) in [5, 5.41) is 9.96. The Morgan fingerprint density at radius 3 is 3.00 bits per heavy atom. The molecule has 0 saturated carbocycles. The van der Waals surface area contributed by atoms with Crippen molar-refractivity contribution in [2.24, 2.45) is 7.05 Å². The summed E-state index contributed by atoms with van der Waals surface area (Å²) in [6.07, 6.45) is 9.70. The maximum atomic E-state index is 8.83. The highest BCUT2D eigenvalue weighted by Crippen LogP contribution is 2.29. The van der Waals surface area contributed by atoms with Crippen LogP contribution in [-0.4, -0.2) is 26.2 Å². The fourth-order valence-corrected chi connectivity index (χ4v) is 2.85. The first-order valence-electron chi connectivity index (χ1n) is 7.55. The average Bonchev–Trinajstić information content (AvgIpc) is 3.06. The van der Waals surface area contributed by atoms with Gasteiger partial charge in [0.05, 0.1) is 0 Å². The van der Waals surface area contributed by atoms with E-state index in [4.69, 9.17) is 5.11 Å². The third-order valence-electron chi connectivity index (χ3n) is 4.04. The number of hydrogen-bond acceptors (Lipinski definition) is 2. The van der Waals surface area contributed by atoms with Gasteiger partial charge in [0.2, 0.25) is 0 Å². The van der Waals surface area contributed by atoms with Gasteiger partial charge >= 0.3 is 0 Å². The predicted molar refractivity (Wildman–Crippen MR) is 89.8 cm³/mol. The lowest BCUT2D eigenvalue weighted by atomic mass is 10.1. The fourth-order valence-electron chi connectivity index (χ4n) is 2.85. The normalized spacial score (nSPS) is 11.8. The van der Waals surface area contributed by atoms with Gasteiger partial charge in [0.15, 0.2) is 0 Å². The van der Waals surface area contributed by atoms with Crippen LogP contribution in [0.5, 0.6) is 0 Å². The zero-order chi connectivity index (χ0) is 15.5. The number of aliphatic hydroxyl groups excluding tert-OH is 1. The Morgan fingerprint density at radius 2 is 2.23 bits per heavy atom. The highest BCUT2D eigenvalue weighted by atomic mass is 16.2. The number of allylic oxidation sites excluding steroid dienone is 1. The summed E-state index contributed by atoms with van der Waals surface area (Å²) in [5.74, 6) is 0. The second-order valence-electron chi connectivity index (χ2n) is 5.54. The first-order valence-corrected chi connectivity index (χ1v) is 7.55. The molecule has 0 aliphatic heterocycles. The van der Waals surface area contributed by atoms with Crippen LogP contribution in [0.25, 0.3) is 22.3 Å². The molecule has 2 N–H and O–H groups in total. The van der Waals surface area contributed by atoms with Crippen molar-refractivity contribution in [2.75, 3.05) is 6.61 Å². The van der Waals surface area contributed by atoms with Crippen molar-refractivity contribution in [1.29, 1.82) is 0 Å². The molecule has 4 heteroatoms. The Morgan fingerprint density at radius 1 is 1.36 bits per heavy atom. The largest absolute Gasteiger partial charge is 0.396 e. The van der Waals surface area contributed by atoms with Gasteiger partial charge in [-0.1, -0.05) is 12.2 Å². The zero-order valence-corrected chi connectivity index (χ0v) is 13.0. The van der Waals surface area contributed by atoms with Gasteiger partial charge < -0.3 is 14.7 Å². The van der Waals surface area contributed by atoms with Crippen LogP contribution in [0, 0.1) is 6.92 Å². The summed E-state index contributed by atoms with van der Waals surface area (Å²) in [4.78, 5) is 7.75. The maximum Gasteiger partial charge on any atom is 0.137 e. The number of aryl methyl sites for hydroxylation is 1. The molecular weight excluding hydrogens is 274 g/mol. The number of hydrogen-bond donors (Lipinski definition) is 2. The van der Waals surface area contributed by atoms with Crippen molar-refractivity contribution in [3.8, 4) is 11.3 Å². The van der Waals surface area contributed by atoms with E-state index in [2.05, 4.69) is 52.9 Å². The van der Waals surface area contributed by atoms with Gasteiger partial charge in [-0.15, -0.1) is 0 Å². The van der Waals surface area contributed by atoms with E-state index in [1.807, 2.05) is 12.1 Å². The van der Waals surface area contributed by atoms with Crippen LogP contribution in [-0.2, 0) is 13.5 Å². The number of nitrogens with zero attached hydrogens (tertiary/aromatic N) is 2. The highest BCUT2D eigenvalue weighted by molar-refractivity contribution is 5.83. The van der Waals surface area contributed by atoms with Crippen LogP contribution in [0.2, 0.25) is 0 Å². The second kappa shape index (κ2) is 6.20. The standard InChI is InChI=1S/C18H21N3O/c1-13-15(12-21(2)17(13)8-4-3-5-10-22)16-11-14-7-6-9-19-18(14)20-16/h3-4,6-7,9,11-12,22H,5,8,10H2,1-2H3,(H,19,20)/b4-3-. The van der Waals surface area contributed by atoms with Gasteiger partial charge in [-0.3, -0.25) is 0 Å². The van der Waals surface area contributed by atoms with E-state index in [0.29, 0.717) is 6.42 Å². The Balaban J connectivity index is 1.94. The minimum Gasteiger partial charge on any atom is -0.396 e. The molecule has 0 aromatic carbocycles. The molecule has 0 unspecified atom stereocenters. The van der Waals surface area contributed by atoms with Crippen LogP contribution in [0.1, 0.15) is 17.7 Å². The van der Waals surface area contributed by atoms with Crippen molar-refractivity contribution in [3.05, 3.63) is 54.0 Å². The molecule has 4 nitrogen and oxygen atoms in total. The molecule has 0 saturated heterocycles. The molecule has 3 aromatic heterocycles. The van der Waals surface area contributed by atoms with E-state index in [-0.39, 0.29) is 6.61 Å². The molecule has 3 rings (SSSR count). The summed E-state index contributed by atoms with van der Waals surface area (Å²) in [7, 11) is 2.08. The van der Waals surface area contributed by atoms with Crippen LogP contribution in [0.4, 0.5) is 0 Å². The van der Waals surface area contributed by atoms with Gasteiger partial charge in [-0.05, 0) is 37.1 Å². The van der Waals surface area contributed by atoms with Gasteiger partial charge in [-0.25, -0.2) is 4.98 Å². The maximum absolute atomic E-state index is 8.83. The number of pyridine rings is 1. The van der Waals surface area contributed by atoms with Crippen molar-refractivity contribution in [3.63, 3.8) is 0 Å². The van der Waals surface area contributed by atoms with Crippen molar-refractivity contribution < 1.29 is 5.11 Å². The van der Waals surface area contributed by atoms with Crippen LogP contribution in [0.3, 0.4) is 0 Å². The molecule has 0 bridgehead atoms. The summed E-state index contributed by atoms with van der Waals surface area (Å²) in [5.41, 5.74) is 5.81. The number of fused-ring (bicyclic) bond motifs is 1. The summed E-state index contributed by atoms with van der Waals surface area (Å²) in [6, 6.07) is 6.17. The minimum absolute atomic E-state index is 0.204. The molecule has 0 fully saturated rings. The molecule has 0 radical (unpaired) electrons.